The number of rotatable bonds is 1. The summed E-state index contributed by atoms with van der Waals surface area (Å²) >= 11 is 0. The number of amides is 1. The van der Waals surface area contributed by atoms with Crippen molar-refractivity contribution in [3.8, 4) is 0 Å². The summed E-state index contributed by atoms with van der Waals surface area (Å²) in [7, 11) is 1.86. The molecule has 19 heavy (non-hydrogen) atoms. The molecule has 0 aromatic carbocycles. The molecule has 0 bridgehead atoms. The Morgan fingerprint density at radius 3 is 2.84 bits per heavy atom. The van der Waals surface area contributed by atoms with Gasteiger partial charge in [0.15, 0.2) is 0 Å². The summed E-state index contributed by atoms with van der Waals surface area (Å²) in [5.41, 5.74) is 0.649. The van der Waals surface area contributed by atoms with Crippen LogP contribution in [0.2, 0.25) is 0 Å². The normalized spacial score (nSPS) is 26.9. The number of aromatic nitrogens is 2. The number of nitrogens with one attached hydrogen (secondary N) is 1. The molecule has 1 amide bonds. The zero-order valence-corrected chi connectivity index (χ0v) is 11.4. The second kappa shape index (κ2) is 4.61. The molecule has 3 heterocycles. The van der Waals surface area contributed by atoms with Crippen LogP contribution in [0.25, 0.3) is 0 Å². The molecule has 0 radical (unpaired) electrons. The number of carbonyl (C=O) groups excluding carboxylic acids is 1. The van der Waals surface area contributed by atoms with Gasteiger partial charge in [-0.2, -0.15) is 5.10 Å². The van der Waals surface area contributed by atoms with Gasteiger partial charge in [-0.05, 0) is 32.9 Å². The Morgan fingerprint density at radius 2 is 2.21 bits per heavy atom. The predicted molar refractivity (Wildman–Crippen MR) is 70.9 cm³/mol. The number of piperidine rings is 1. The molecule has 2 saturated heterocycles. The van der Waals surface area contributed by atoms with Crippen LogP contribution in [0.1, 0.15) is 19.8 Å². The van der Waals surface area contributed by atoms with Crippen LogP contribution in [0.4, 0.5) is 5.69 Å². The van der Waals surface area contributed by atoms with E-state index >= 15 is 0 Å². The summed E-state index contributed by atoms with van der Waals surface area (Å²) in [6.45, 7) is 4.13. The number of carbonyl (C=O) groups is 1. The maximum atomic E-state index is 12.2. The topological polar surface area (TPSA) is 59.4 Å². The molecule has 2 fully saturated rings. The van der Waals surface area contributed by atoms with E-state index < -0.39 is 0 Å². The molecule has 1 aromatic heterocycles. The van der Waals surface area contributed by atoms with Crippen LogP contribution < -0.4 is 10.2 Å². The van der Waals surface area contributed by atoms with E-state index in [4.69, 9.17) is 4.74 Å². The maximum Gasteiger partial charge on any atom is 0.253 e. The van der Waals surface area contributed by atoms with E-state index in [1.807, 2.05) is 18.1 Å². The van der Waals surface area contributed by atoms with Gasteiger partial charge < -0.3 is 15.0 Å². The van der Waals surface area contributed by atoms with Gasteiger partial charge in [0.25, 0.3) is 5.91 Å². The molecule has 6 nitrogen and oxygen atoms in total. The van der Waals surface area contributed by atoms with E-state index in [2.05, 4.69) is 17.3 Å². The summed E-state index contributed by atoms with van der Waals surface area (Å²) in [6, 6.07) is 0.0417. The van der Waals surface area contributed by atoms with Crippen molar-refractivity contribution >= 4 is 11.6 Å². The van der Waals surface area contributed by atoms with Gasteiger partial charge in [0.2, 0.25) is 0 Å². The average molecular weight is 264 g/mol. The average Bonchev–Trinajstić information content (AvgIpc) is 2.83. The molecule has 3 rings (SSSR count). The number of anilines is 1. The van der Waals surface area contributed by atoms with Crippen LogP contribution in [0, 0.1) is 0 Å². The summed E-state index contributed by atoms with van der Waals surface area (Å²) < 4.78 is 7.65. The molecule has 0 aliphatic carbocycles. The molecule has 0 unspecified atom stereocenters. The van der Waals surface area contributed by atoms with Gasteiger partial charge in [-0.1, -0.05) is 0 Å². The van der Waals surface area contributed by atoms with Gasteiger partial charge in [0.1, 0.15) is 6.61 Å². The summed E-state index contributed by atoms with van der Waals surface area (Å²) in [5.74, 6) is 0.0182. The second-order valence-electron chi connectivity index (χ2n) is 5.42. The standard InChI is InChI=1S/C13H20N4O2/c1-10-13(3-5-14-6-4-13)19-9-12(18)17(10)11-7-15-16(2)8-11/h7-8,10,14H,3-6,9H2,1-2H3/t10-/m0/s1. The van der Waals surface area contributed by atoms with Crippen molar-refractivity contribution in [2.24, 2.45) is 7.05 Å². The van der Waals surface area contributed by atoms with Crippen molar-refractivity contribution in [2.75, 3.05) is 24.6 Å². The van der Waals surface area contributed by atoms with Crippen LogP contribution in [0.15, 0.2) is 12.4 Å². The van der Waals surface area contributed by atoms with Crippen molar-refractivity contribution in [3.05, 3.63) is 12.4 Å². The molecular weight excluding hydrogens is 244 g/mol. The fourth-order valence-electron chi connectivity index (χ4n) is 3.16. The van der Waals surface area contributed by atoms with Crippen LogP contribution in [0.3, 0.4) is 0 Å². The van der Waals surface area contributed by atoms with Gasteiger partial charge in [0.05, 0.1) is 23.5 Å². The minimum atomic E-state index is -0.213. The van der Waals surface area contributed by atoms with Crippen molar-refractivity contribution in [1.29, 1.82) is 0 Å². The molecule has 1 atom stereocenters. The molecule has 1 spiro atoms. The molecule has 2 aliphatic rings. The highest BCUT2D eigenvalue weighted by Crippen LogP contribution is 2.36. The maximum absolute atomic E-state index is 12.2. The Labute approximate surface area is 112 Å². The van der Waals surface area contributed by atoms with Crippen molar-refractivity contribution < 1.29 is 9.53 Å². The van der Waals surface area contributed by atoms with E-state index in [-0.39, 0.29) is 24.2 Å². The van der Waals surface area contributed by atoms with Crippen molar-refractivity contribution in [2.45, 2.75) is 31.4 Å². The van der Waals surface area contributed by atoms with Crippen LogP contribution >= 0.6 is 0 Å². The molecule has 2 aliphatic heterocycles. The first kappa shape index (κ1) is 12.6. The zero-order valence-electron chi connectivity index (χ0n) is 11.4. The molecule has 1 aromatic rings. The van der Waals surface area contributed by atoms with Gasteiger partial charge in [0, 0.05) is 13.2 Å². The number of ether oxygens (including phenoxy) is 1. The second-order valence-corrected chi connectivity index (χ2v) is 5.42. The third kappa shape index (κ3) is 2.04. The number of morpholine rings is 1. The first-order valence-electron chi connectivity index (χ1n) is 6.78. The predicted octanol–water partition coefficient (Wildman–Crippen LogP) is 0.294. The van der Waals surface area contributed by atoms with Gasteiger partial charge in [-0.15, -0.1) is 0 Å². The lowest BCUT2D eigenvalue weighted by molar-refractivity contribution is -0.148. The Balaban J connectivity index is 1.91. The Morgan fingerprint density at radius 1 is 1.47 bits per heavy atom. The van der Waals surface area contributed by atoms with Gasteiger partial charge in [-0.25, -0.2) is 0 Å². The van der Waals surface area contributed by atoms with Crippen LogP contribution in [-0.4, -0.2) is 47.0 Å². The van der Waals surface area contributed by atoms with Crippen LogP contribution in [-0.2, 0) is 16.6 Å². The Kier molecular flexibility index (Phi) is 3.06. The van der Waals surface area contributed by atoms with Crippen LogP contribution in [0.5, 0.6) is 0 Å². The smallest absolute Gasteiger partial charge is 0.253 e. The first-order valence-corrected chi connectivity index (χ1v) is 6.78. The Hall–Kier alpha value is -1.40. The van der Waals surface area contributed by atoms with E-state index in [0.717, 1.165) is 31.6 Å². The highest BCUT2D eigenvalue weighted by molar-refractivity contribution is 5.95. The molecule has 104 valence electrons. The van der Waals surface area contributed by atoms with E-state index in [0.29, 0.717) is 0 Å². The van der Waals surface area contributed by atoms with E-state index in [9.17, 15) is 4.79 Å². The fraction of sp³-hybridized carbons (Fsp3) is 0.692. The number of hydrogen-bond donors (Lipinski definition) is 1. The molecule has 0 saturated carbocycles. The zero-order chi connectivity index (χ0) is 13.5. The lowest BCUT2D eigenvalue weighted by Crippen LogP contribution is -2.64. The van der Waals surface area contributed by atoms with E-state index in [1.54, 1.807) is 10.9 Å². The van der Waals surface area contributed by atoms with Gasteiger partial charge in [-0.3, -0.25) is 9.48 Å². The lowest BCUT2D eigenvalue weighted by atomic mass is 9.83. The summed E-state index contributed by atoms with van der Waals surface area (Å²) in [6.07, 6.45) is 5.51. The minimum absolute atomic E-state index is 0.0182. The summed E-state index contributed by atoms with van der Waals surface area (Å²) in [5, 5.41) is 7.51. The van der Waals surface area contributed by atoms with Crippen molar-refractivity contribution in [1.82, 2.24) is 15.1 Å². The highest BCUT2D eigenvalue weighted by Gasteiger charge is 2.47. The third-order valence-corrected chi connectivity index (χ3v) is 4.32. The largest absolute Gasteiger partial charge is 0.363 e. The minimum Gasteiger partial charge on any atom is -0.363 e. The fourth-order valence-corrected chi connectivity index (χ4v) is 3.16. The molecule has 6 heteroatoms. The molecule has 1 N–H and O–H groups in total. The van der Waals surface area contributed by atoms with Gasteiger partial charge >= 0.3 is 0 Å². The Bertz CT molecular complexity index is 479. The number of hydrogen-bond acceptors (Lipinski definition) is 4. The monoisotopic (exact) mass is 264 g/mol. The quantitative estimate of drug-likeness (QED) is 0.792. The first-order chi connectivity index (χ1) is 9.12. The van der Waals surface area contributed by atoms with Crippen molar-refractivity contribution in [3.63, 3.8) is 0 Å². The third-order valence-electron chi connectivity index (χ3n) is 4.32. The number of aryl methyl sites for hydroxylation is 1. The lowest BCUT2D eigenvalue weighted by Gasteiger charge is -2.49. The van der Waals surface area contributed by atoms with E-state index in [1.165, 1.54) is 0 Å². The number of nitrogens with zero attached hydrogens (tertiary/aromatic N) is 3. The molecular formula is C13H20N4O2. The summed E-state index contributed by atoms with van der Waals surface area (Å²) in [4.78, 5) is 14.0. The highest BCUT2D eigenvalue weighted by atomic mass is 16.5. The SMILES string of the molecule is C[C@@H]1N(c2cnn(C)c2)C(=O)COC12CCNCC2.